The number of non-ortho nitro benzene ring substituents is 1. The Morgan fingerprint density at radius 3 is 2.48 bits per heavy atom. The Hall–Kier alpha value is -2.60. The number of hydrogen-bond donors (Lipinski definition) is 1. The molecule has 0 spiro atoms. The molecule has 0 unspecified atom stereocenters. The summed E-state index contributed by atoms with van der Waals surface area (Å²) >= 11 is 0. The summed E-state index contributed by atoms with van der Waals surface area (Å²) in [4.78, 5) is 10.1. The van der Waals surface area contributed by atoms with Crippen molar-refractivity contribution in [3.63, 3.8) is 0 Å². The van der Waals surface area contributed by atoms with E-state index in [0.29, 0.717) is 17.1 Å². The lowest BCUT2D eigenvalue weighted by molar-refractivity contribution is -0.384. The Morgan fingerprint density at radius 1 is 1.19 bits per heavy atom. The molecule has 0 amide bonds. The smallest absolute Gasteiger partial charge is 0.269 e. The molecule has 6 nitrogen and oxygen atoms in total. The Kier molecular flexibility index (Phi) is 4.73. The maximum atomic E-state index is 10.6. The van der Waals surface area contributed by atoms with E-state index in [1.165, 1.54) is 12.1 Å². The van der Waals surface area contributed by atoms with Gasteiger partial charge in [0, 0.05) is 17.7 Å². The van der Waals surface area contributed by atoms with Crippen LogP contribution in [0.2, 0.25) is 0 Å². The van der Waals surface area contributed by atoms with Crippen molar-refractivity contribution in [3.8, 4) is 11.5 Å². The van der Waals surface area contributed by atoms with E-state index < -0.39 is 4.92 Å². The zero-order chi connectivity index (χ0) is 15.2. The van der Waals surface area contributed by atoms with E-state index >= 15 is 0 Å². The van der Waals surface area contributed by atoms with Crippen molar-refractivity contribution >= 4 is 5.69 Å². The molecule has 0 fully saturated rings. The molecule has 0 aliphatic heterocycles. The van der Waals surface area contributed by atoms with E-state index in [2.05, 4.69) is 0 Å². The molecule has 0 atom stereocenters. The second kappa shape index (κ2) is 6.71. The van der Waals surface area contributed by atoms with Crippen LogP contribution in [0.25, 0.3) is 0 Å². The molecule has 0 heterocycles. The summed E-state index contributed by atoms with van der Waals surface area (Å²) in [7, 11) is 1.55. The van der Waals surface area contributed by atoms with Gasteiger partial charge in [-0.15, -0.1) is 0 Å². The predicted octanol–water partition coefficient (Wildman–Crippen LogP) is 2.67. The first-order valence-corrected chi connectivity index (χ1v) is 6.28. The molecule has 0 aromatic heterocycles. The fourth-order valence-electron chi connectivity index (χ4n) is 1.82. The summed E-state index contributed by atoms with van der Waals surface area (Å²) in [6.07, 6.45) is 0. The van der Waals surface area contributed by atoms with Crippen molar-refractivity contribution in [2.75, 3.05) is 7.11 Å². The summed E-state index contributed by atoms with van der Waals surface area (Å²) in [6.45, 7) is 0.101. The topological polar surface area (TPSA) is 81.8 Å². The van der Waals surface area contributed by atoms with Crippen molar-refractivity contribution in [2.45, 2.75) is 13.2 Å². The van der Waals surface area contributed by atoms with Gasteiger partial charge in [-0.2, -0.15) is 0 Å². The summed E-state index contributed by atoms with van der Waals surface area (Å²) in [6, 6.07) is 11.3. The molecular weight excluding hydrogens is 274 g/mol. The number of benzene rings is 2. The number of ether oxygens (including phenoxy) is 2. The van der Waals surface area contributed by atoms with Crippen molar-refractivity contribution in [1.82, 2.24) is 0 Å². The minimum Gasteiger partial charge on any atom is -0.497 e. The van der Waals surface area contributed by atoms with E-state index in [4.69, 9.17) is 9.47 Å². The monoisotopic (exact) mass is 289 g/mol. The zero-order valence-electron chi connectivity index (χ0n) is 11.5. The molecule has 2 aromatic carbocycles. The summed E-state index contributed by atoms with van der Waals surface area (Å²) < 4.78 is 10.7. The Morgan fingerprint density at radius 2 is 1.90 bits per heavy atom. The second-order valence-corrected chi connectivity index (χ2v) is 4.34. The molecule has 6 heteroatoms. The van der Waals surface area contributed by atoms with Crippen LogP contribution in [0.4, 0.5) is 5.69 Å². The number of aliphatic hydroxyl groups is 1. The number of rotatable bonds is 6. The number of nitrogens with zero attached hydrogens (tertiary/aromatic N) is 1. The van der Waals surface area contributed by atoms with Gasteiger partial charge in [0.15, 0.2) is 0 Å². The molecule has 0 bridgehead atoms. The molecule has 1 N–H and O–H groups in total. The number of aliphatic hydroxyl groups excluding tert-OH is 1. The van der Waals surface area contributed by atoms with Gasteiger partial charge in [0.25, 0.3) is 5.69 Å². The van der Waals surface area contributed by atoms with E-state index in [1.807, 2.05) is 0 Å². The third-order valence-electron chi connectivity index (χ3n) is 2.98. The lowest BCUT2D eigenvalue weighted by Crippen LogP contribution is -1.99. The molecule has 0 saturated heterocycles. The largest absolute Gasteiger partial charge is 0.497 e. The molecule has 0 aliphatic carbocycles. The maximum absolute atomic E-state index is 10.6. The SMILES string of the molecule is COc1ccc(OCc2ccc([N+](=O)[O-])cc2)c(CO)c1. The Balaban J connectivity index is 2.07. The standard InChI is InChI=1S/C15H15NO5/c1-20-14-6-7-15(12(8-14)9-17)21-10-11-2-4-13(5-3-11)16(18)19/h2-8,17H,9-10H2,1H3. The number of nitro groups is 1. The fraction of sp³-hybridized carbons (Fsp3) is 0.200. The first kappa shape index (κ1) is 14.8. The van der Waals surface area contributed by atoms with Crippen LogP contribution in [0.15, 0.2) is 42.5 Å². The average molecular weight is 289 g/mol. The van der Waals surface area contributed by atoms with Gasteiger partial charge in [0.1, 0.15) is 18.1 Å². The average Bonchev–Trinajstić information content (AvgIpc) is 2.53. The molecule has 110 valence electrons. The molecule has 0 radical (unpaired) electrons. The predicted molar refractivity (Wildman–Crippen MR) is 76.3 cm³/mol. The van der Waals surface area contributed by atoms with E-state index in [9.17, 15) is 15.2 Å². The van der Waals surface area contributed by atoms with Crippen LogP contribution in [-0.2, 0) is 13.2 Å². The quantitative estimate of drug-likeness (QED) is 0.653. The number of nitro benzene ring substituents is 1. The molecular formula is C15H15NO5. The lowest BCUT2D eigenvalue weighted by Gasteiger charge is -2.11. The van der Waals surface area contributed by atoms with Gasteiger partial charge in [-0.05, 0) is 35.9 Å². The first-order valence-electron chi connectivity index (χ1n) is 6.28. The highest BCUT2D eigenvalue weighted by atomic mass is 16.6. The van der Waals surface area contributed by atoms with Gasteiger partial charge in [0.2, 0.25) is 0 Å². The van der Waals surface area contributed by atoms with E-state index in [-0.39, 0.29) is 18.9 Å². The Bertz CT molecular complexity index is 624. The van der Waals surface area contributed by atoms with Gasteiger partial charge in [-0.1, -0.05) is 0 Å². The highest BCUT2D eigenvalue weighted by Gasteiger charge is 2.07. The van der Waals surface area contributed by atoms with Gasteiger partial charge >= 0.3 is 0 Å². The second-order valence-electron chi connectivity index (χ2n) is 4.34. The molecule has 0 saturated carbocycles. The maximum Gasteiger partial charge on any atom is 0.269 e. The van der Waals surface area contributed by atoms with Gasteiger partial charge in [0.05, 0.1) is 18.6 Å². The third kappa shape index (κ3) is 3.70. The number of hydrogen-bond acceptors (Lipinski definition) is 5. The normalized spacial score (nSPS) is 10.2. The van der Waals surface area contributed by atoms with E-state index in [1.54, 1.807) is 37.4 Å². The van der Waals surface area contributed by atoms with Crippen molar-refractivity contribution in [2.24, 2.45) is 0 Å². The highest BCUT2D eigenvalue weighted by Crippen LogP contribution is 2.25. The molecule has 0 aliphatic rings. The minimum absolute atomic E-state index is 0.0410. The van der Waals surface area contributed by atoms with Crippen molar-refractivity contribution in [1.29, 1.82) is 0 Å². The fourth-order valence-corrected chi connectivity index (χ4v) is 1.82. The van der Waals surface area contributed by atoms with Crippen molar-refractivity contribution in [3.05, 3.63) is 63.7 Å². The summed E-state index contributed by atoms with van der Waals surface area (Å²) in [5, 5.41) is 19.9. The molecule has 21 heavy (non-hydrogen) atoms. The molecule has 2 aromatic rings. The Labute approximate surface area is 121 Å². The van der Waals surface area contributed by atoms with Crippen LogP contribution in [0, 0.1) is 10.1 Å². The first-order chi connectivity index (χ1) is 10.1. The van der Waals surface area contributed by atoms with Gasteiger partial charge in [-0.3, -0.25) is 10.1 Å². The minimum atomic E-state index is -0.446. The zero-order valence-corrected chi connectivity index (χ0v) is 11.5. The van der Waals surface area contributed by atoms with Crippen LogP contribution in [0.3, 0.4) is 0 Å². The van der Waals surface area contributed by atoms with Crippen LogP contribution >= 0.6 is 0 Å². The van der Waals surface area contributed by atoms with Gasteiger partial charge in [-0.25, -0.2) is 0 Å². The third-order valence-corrected chi connectivity index (χ3v) is 2.98. The summed E-state index contributed by atoms with van der Waals surface area (Å²) in [5.74, 6) is 1.19. The van der Waals surface area contributed by atoms with Crippen LogP contribution in [0.5, 0.6) is 11.5 Å². The lowest BCUT2D eigenvalue weighted by atomic mass is 10.2. The van der Waals surface area contributed by atoms with Crippen LogP contribution < -0.4 is 9.47 Å². The van der Waals surface area contributed by atoms with Crippen molar-refractivity contribution < 1.29 is 19.5 Å². The van der Waals surface area contributed by atoms with Crippen LogP contribution in [0.1, 0.15) is 11.1 Å². The van der Waals surface area contributed by atoms with E-state index in [0.717, 1.165) is 5.56 Å². The van der Waals surface area contributed by atoms with Gasteiger partial charge < -0.3 is 14.6 Å². The number of methoxy groups -OCH3 is 1. The summed E-state index contributed by atoms with van der Waals surface area (Å²) in [5.41, 5.74) is 1.47. The molecule has 2 rings (SSSR count). The van der Waals surface area contributed by atoms with Crippen LogP contribution in [-0.4, -0.2) is 17.1 Å². The highest BCUT2D eigenvalue weighted by molar-refractivity contribution is 5.40.